The summed E-state index contributed by atoms with van der Waals surface area (Å²) in [6.45, 7) is 2.65. The molecule has 1 aliphatic rings. The second kappa shape index (κ2) is 11.7. The number of hydrazone groups is 1. The van der Waals surface area contributed by atoms with Crippen LogP contribution in [0.25, 0.3) is 6.08 Å². The van der Waals surface area contributed by atoms with E-state index in [0.717, 1.165) is 16.7 Å². The fraction of sp³-hybridized carbons (Fsp3) is 0.0968. The summed E-state index contributed by atoms with van der Waals surface area (Å²) in [5, 5.41) is 6.78. The molecule has 4 aromatic rings. The van der Waals surface area contributed by atoms with Crippen LogP contribution in [0.4, 0.5) is 5.69 Å². The number of amides is 1. The molecular weight excluding hydrogens is 564 g/mol. The van der Waals surface area contributed by atoms with Gasteiger partial charge in [-0.1, -0.05) is 78.3 Å². The zero-order chi connectivity index (χ0) is 26.5. The van der Waals surface area contributed by atoms with Gasteiger partial charge in [-0.25, -0.2) is 0 Å². The van der Waals surface area contributed by atoms with E-state index in [1.807, 2.05) is 110 Å². The summed E-state index contributed by atoms with van der Waals surface area (Å²) < 4.78 is 12.8. The van der Waals surface area contributed by atoms with Crippen LogP contribution in [-0.4, -0.2) is 18.2 Å². The topological polar surface area (TPSA) is 51.1 Å². The number of benzene rings is 4. The first-order valence-corrected chi connectivity index (χ1v) is 13.3. The quantitative estimate of drug-likeness (QED) is 0.197. The third-order valence-corrected chi connectivity index (χ3v) is 6.86. The van der Waals surface area contributed by atoms with Crippen molar-refractivity contribution in [3.05, 3.63) is 129 Å². The van der Waals surface area contributed by atoms with Gasteiger partial charge in [-0.2, -0.15) is 10.1 Å². The highest BCUT2D eigenvalue weighted by Crippen LogP contribution is 2.39. The summed E-state index contributed by atoms with van der Waals surface area (Å²) in [7, 11) is 0. The van der Waals surface area contributed by atoms with Crippen LogP contribution in [0.2, 0.25) is 5.02 Å². The Kier molecular flexibility index (Phi) is 7.91. The van der Waals surface area contributed by atoms with Gasteiger partial charge >= 0.3 is 0 Å². The normalized spacial score (nSPS) is 14.1. The number of anilines is 1. The molecule has 0 spiro atoms. The van der Waals surface area contributed by atoms with Gasteiger partial charge in [0.2, 0.25) is 0 Å². The second-order valence-corrected chi connectivity index (χ2v) is 9.73. The van der Waals surface area contributed by atoms with Crippen LogP contribution < -0.4 is 14.5 Å². The van der Waals surface area contributed by atoms with E-state index in [0.29, 0.717) is 44.6 Å². The van der Waals surface area contributed by atoms with Gasteiger partial charge in [-0.15, -0.1) is 0 Å². The first kappa shape index (κ1) is 25.8. The highest BCUT2D eigenvalue weighted by molar-refractivity contribution is 9.10. The summed E-state index contributed by atoms with van der Waals surface area (Å²) in [4.78, 5) is 13.6. The molecule has 0 aromatic heterocycles. The molecule has 1 amide bonds. The molecule has 0 saturated carbocycles. The summed E-state index contributed by atoms with van der Waals surface area (Å²) in [6, 6.07) is 30.4. The summed E-state index contributed by atoms with van der Waals surface area (Å²) in [6.07, 6.45) is 1.84. The Bertz CT molecular complexity index is 1520. The van der Waals surface area contributed by atoms with Crippen LogP contribution >= 0.6 is 27.5 Å². The maximum Gasteiger partial charge on any atom is 0.281 e. The van der Waals surface area contributed by atoms with Crippen molar-refractivity contribution in [2.24, 2.45) is 5.10 Å². The number of hydrogen-bond acceptors (Lipinski definition) is 4. The maximum atomic E-state index is 13.6. The van der Waals surface area contributed by atoms with E-state index in [1.165, 1.54) is 5.01 Å². The molecule has 0 N–H and O–H groups in total. The predicted octanol–water partition coefficient (Wildman–Crippen LogP) is 7.91. The molecule has 1 heterocycles. The van der Waals surface area contributed by atoms with E-state index in [1.54, 1.807) is 0 Å². The van der Waals surface area contributed by atoms with Gasteiger partial charge in [0, 0.05) is 16.1 Å². The van der Waals surface area contributed by atoms with Crippen LogP contribution in [0, 0.1) is 0 Å². The van der Waals surface area contributed by atoms with Crippen LogP contribution in [0.3, 0.4) is 0 Å². The molecule has 5 nitrogen and oxygen atoms in total. The van der Waals surface area contributed by atoms with Gasteiger partial charge in [0.25, 0.3) is 5.91 Å². The van der Waals surface area contributed by atoms with Crippen LogP contribution in [0.1, 0.15) is 23.6 Å². The van der Waals surface area contributed by atoms with Crippen molar-refractivity contribution >= 4 is 50.9 Å². The lowest BCUT2D eigenvalue weighted by Crippen LogP contribution is -2.21. The van der Waals surface area contributed by atoms with Gasteiger partial charge in [0.1, 0.15) is 12.3 Å². The van der Waals surface area contributed by atoms with Gasteiger partial charge in [0.05, 0.1) is 22.3 Å². The molecule has 0 unspecified atom stereocenters. The Hall–Kier alpha value is -3.87. The number of halogens is 2. The van der Waals surface area contributed by atoms with Gasteiger partial charge < -0.3 is 9.47 Å². The molecule has 0 saturated heterocycles. The Balaban J connectivity index is 1.52. The molecule has 38 heavy (non-hydrogen) atoms. The lowest BCUT2D eigenvalue weighted by atomic mass is 10.00. The maximum absolute atomic E-state index is 13.6. The molecule has 5 rings (SSSR count). The zero-order valence-corrected chi connectivity index (χ0v) is 22.9. The molecule has 0 aliphatic carbocycles. The molecule has 0 fully saturated rings. The minimum atomic E-state index is -0.205. The molecule has 0 atom stereocenters. The van der Waals surface area contributed by atoms with E-state index in [2.05, 4.69) is 15.9 Å². The number of para-hydroxylation sites is 1. The summed E-state index contributed by atoms with van der Waals surface area (Å²) in [5.41, 5.74) is 4.29. The first-order chi connectivity index (χ1) is 18.5. The number of nitrogens with zero attached hydrogens (tertiary/aromatic N) is 2. The van der Waals surface area contributed by atoms with Crippen LogP contribution in [-0.2, 0) is 11.4 Å². The van der Waals surface area contributed by atoms with Crippen molar-refractivity contribution in [2.75, 3.05) is 11.6 Å². The largest absolute Gasteiger partial charge is 0.490 e. The monoisotopic (exact) mass is 586 g/mol. The lowest BCUT2D eigenvalue weighted by Gasteiger charge is -2.15. The number of hydrogen-bond donors (Lipinski definition) is 0. The molecule has 1 aliphatic heterocycles. The van der Waals surface area contributed by atoms with Crippen molar-refractivity contribution in [2.45, 2.75) is 13.5 Å². The average molecular weight is 588 g/mol. The zero-order valence-electron chi connectivity index (χ0n) is 20.6. The third-order valence-electron chi connectivity index (χ3n) is 5.90. The van der Waals surface area contributed by atoms with E-state index in [4.69, 9.17) is 26.2 Å². The first-order valence-electron chi connectivity index (χ1n) is 12.1. The Morgan fingerprint density at radius 1 is 0.921 bits per heavy atom. The number of rotatable bonds is 8. The van der Waals surface area contributed by atoms with Crippen molar-refractivity contribution in [1.82, 2.24) is 0 Å². The fourth-order valence-electron chi connectivity index (χ4n) is 4.10. The van der Waals surface area contributed by atoms with Gasteiger partial charge in [0.15, 0.2) is 11.5 Å². The standard InChI is InChI=1S/C31H24BrClN2O3/c1-2-37-28-19-21(18-26(32)30(28)38-20-23-13-9-10-16-27(23)33)17-25-29(22-11-5-3-6-12-22)34-35(31(25)36)24-14-7-4-8-15-24/h3-19H,2,20H2,1H3/b25-17-. The third kappa shape index (κ3) is 5.52. The summed E-state index contributed by atoms with van der Waals surface area (Å²) in [5.74, 6) is 0.919. The molecule has 4 aromatic carbocycles. The van der Waals surface area contributed by atoms with E-state index >= 15 is 0 Å². The van der Waals surface area contributed by atoms with Crippen molar-refractivity contribution in [3.8, 4) is 11.5 Å². The molecule has 7 heteroatoms. The molecule has 0 bridgehead atoms. The second-order valence-electron chi connectivity index (χ2n) is 8.47. The van der Waals surface area contributed by atoms with Crippen LogP contribution in [0.15, 0.2) is 112 Å². The minimum absolute atomic E-state index is 0.205. The Labute approximate surface area is 235 Å². The Morgan fingerprint density at radius 2 is 1.61 bits per heavy atom. The lowest BCUT2D eigenvalue weighted by molar-refractivity contribution is -0.114. The highest BCUT2D eigenvalue weighted by Gasteiger charge is 2.32. The Morgan fingerprint density at radius 3 is 2.32 bits per heavy atom. The fourth-order valence-corrected chi connectivity index (χ4v) is 4.87. The number of carbonyl (C=O) groups excluding carboxylic acids is 1. The van der Waals surface area contributed by atoms with Gasteiger partial charge in [-0.05, 0) is 64.8 Å². The van der Waals surface area contributed by atoms with Crippen molar-refractivity contribution in [3.63, 3.8) is 0 Å². The van der Waals surface area contributed by atoms with E-state index in [-0.39, 0.29) is 12.5 Å². The average Bonchev–Trinajstić information content (AvgIpc) is 3.26. The number of ether oxygens (including phenoxy) is 2. The summed E-state index contributed by atoms with van der Waals surface area (Å²) >= 11 is 9.95. The van der Waals surface area contributed by atoms with Crippen LogP contribution in [0.5, 0.6) is 11.5 Å². The smallest absolute Gasteiger partial charge is 0.281 e. The SMILES string of the molecule is CCOc1cc(/C=C2\C(=O)N(c3ccccc3)N=C2c2ccccc2)cc(Br)c1OCc1ccccc1Cl. The minimum Gasteiger partial charge on any atom is -0.490 e. The van der Waals surface area contributed by atoms with E-state index < -0.39 is 0 Å². The molecule has 190 valence electrons. The predicted molar refractivity (Wildman–Crippen MR) is 156 cm³/mol. The highest BCUT2D eigenvalue weighted by atomic mass is 79.9. The van der Waals surface area contributed by atoms with Crippen molar-refractivity contribution < 1.29 is 14.3 Å². The molecular formula is C31H24BrClN2O3. The van der Waals surface area contributed by atoms with Crippen molar-refractivity contribution in [1.29, 1.82) is 0 Å². The van der Waals surface area contributed by atoms with Gasteiger partial charge in [-0.3, -0.25) is 4.79 Å². The van der Waals surface area contributed by atoms with E-state index in [9.17, 15) is 4.79 Å². The molecule has 0 radical (unpaired) electrons. The number of carbonyl (C=O) groups is 1.